The van der Waals surface area contributed by atoms with E-state index in [9.17, 15) is 33.6 Å². The van der Waals surface area contributed by atoms with Crippen molar-refractivity contribution in [1.29, 1.82) is 0 Å². The number of ether oxygens (including phenoxy) is 2. The first-order chi connectivity index (χ1) is 29.3. The van der Waals surface area contributed by atoms with E-state index in [1.807, 2.05) is 42.5 Å². The maximum Gasteiger partial charge on any atom is 0.380 e. The van der Waals surface area contributed by atoms with Crippen LogP contribution in [0.4, 0.5) is 0 Å². The minimum Gasteiger partial charge on any atom is -0.460 e. The summed E-state index contributed by atoms with van der Waals surface area (Å²) < 4.78 is 9.69. The topological polar surface area (TPSA) is 141 Å². The highest BCUT2D eigenvalue weighted by atomic mass is 35.5. The second-order valence-electron chi connectivity index (χ2n) is 16.0. The molecule has 1 aliphatic rings. The van der Waals surface area contributed by atoms with E-state index in [0.717, 1.165) is 29.5 Å². The van der Waals surface area contributed by atoms with Gasteiger partial charge in [0, 0.05) is 29.8 Å². The van der Waals surface area contributed by atoms with Crippen molar-refractivity contribution in [3.05, 3.63) is 142 Å². The Labute approximate surface area is 372 Å². The summed E-state index contributed by atoms with van der Waals surface area (Å²) in [6.07, 6.45) is 1.00. The molecule has 0 radical (unpaired) electrons. The standard InChI is InChI=1S/C18H23NO4.C13H16O3.C11H11ClO2.C9H12/c1-12(2)14-6-8-15(9-7-14)16(20)18(22)23-13(3)17(21)19-10-4-5-11-19;1-4-16-13(15)12(14)11-7-5-10(6-8-11)9(2)3;1-7(2)8-3-5-9(6-4-8)10(13)11(12)14;1-8(2)9-6-4-3-5-7-9/h6-9,12-13H,4-5,10-11H2,1-3H3;5-9H,4H2,1-3H3;3-7H,1-2H3;3-8H,1-2H3/t13-;;;/m1.../s1. The first-order valence-electron chi connectivity index (χ1n) is 21.1. The number of hydrogen-bond acceptors (Lipinski definition) is 9. The summed E-state index contributed by atoms with van der Waals surface area (Å²) in [5.74, 6) is -2.14. The third-order valence-electron chi connectivity index (χ3n) is 9.86. The van der Waals surface area contributed by atoms with Gasteiger partial charge in [-0.05, 0) is 84.2 Å². The number of nitrogens with zero attached hydrogens (tertiary/aromatic N) is 1. The number of carbonyl (C=O) groups excluding carboxylic acids is 7. The van der Waals surface area contributed by atoms with Crippen molar-refractivity contribution in [2.24, 2.45) is 0 Å². The Morgan fingerprint density at radius 1 is 0.500 bits per heavy atom. The molecule has 4 aromatic carbocycles. The van der Waals surface area contributed by atoms with Crippen molar-refractivity contribution in [2.75, 3.05) is 19.7 Å². The van der Waals surface area contributed by atoms with Crippen LogP contribution in [-0.4, -0.2) is 71.1 Å². The zero-order valence-electron chi connectivity index (χ0n) is 37.7. The summed E-state index contributed by atoms with van der Waals surface area (Å²) in [6, 6.07) is 31.3. The first kappa shape index (κ1) is 52.4. The van der Waals surface area contributed by atoms with Crippen LogP contribution in [0.15, 0.2) is 103 Å². The molecule has 0 aromatic heterocycles. The van der Waals surface area contributed by atoms with Crippen LogP contribution in [0, 0.1) is 0 Å². The van der Waals surface area contributed by atoms with Gasteiger partial charge in [-0.15, -0.1) is 0 Å². The SMILES string of the molecule is CC(C)c1ccc(C(=O)C(=O)Cl)cc1.CC(C)c1ccc(C(=O)C(=O)O[C@H](C)C(=O)N2CCCC2)cc1.CC(C)c1ccccc1.CCOC(=O)C(=O)c1ccc(C(C)C)cc1. The molecule has 1 fully saturated rings. The molecule has 0 bridgehead atoms. The Morgan fingerprint density at radius 2 is 0.839 bits per heavy atom. The van der Waals surface area contributed by atoms with Crippen molar-refractivity contribution in [1.82, 2.24) is 4.90 Å². The Bertz CT molecular complexity index is 2070. The van der Waals surface area contributed by atoms with Gasteiger partial charge in [-0.2, -0.15) is 0 Å². The van der Waals surface area contributed by atoms with Crippen LogP contribution in [-0.2, 0) is 28.7 Å². The molecule has 1 saturated heterocycles. The highest BCUT2D eigenvalue weighted by Gasteiger charge is 2.28. The van der Waals surface area contributed by atoms with Crippen LogP contribution in [0.25, 0.3) is 0 Å². The van der Waals surface area contributed by atoms with E-state index in [2.05, 4.69) is 84.4 Å². The zero-order chi connectivity index (χ0) is 46.5. The lowest BCUT2D eigenvalue weighted by Gasteiger charge is -2.20. The van der Waals surface area contributed by atoms with E-state index >= 15 is 0 Å². The molecule has 11 heteroatoms. The molecule has 0 N–H and O–H groups in total. The summed E-state index contributed by atoms with van der Waals surface area (Å²) in [5.41, 5.74) is 5.77. The molecular weight excluding hydrogens is 806 g/mol. The molecule has 1 heterocycles. The van der Waals surface area contributed by atoms with Gasteiger partial charge in [-0.25, -0.2) is 9.59 Å². The van der Waals surface area contributed by atoms with Gasteiger partial charge < -0.3 is 14.4 Å². The lowest BCUT2D eigenvalue weighted by molar-refractivity contribution is -0.154. The summed E-state index contributed by atoms with van der Waals surface area (Å²) in [4.78, 5) is 82.3. The molecular formula is C51H62ClNO9. The second-order valence-corrected chi connectivity index (χ2v) is 16.3. The average molecular weight is 869 g/mol. The van der Waals surface area contributed by atoms with Crippen LogP contribution in [0.5, 0.6) is 0 Å². The normalized spacial score (nSPS) is 12.2. The molecule has 0 unspecified atom stereocenters. The molecule has 0 aliphatic carbocycles. The lowest BCUT2D eigenvalue weighted by atomic mass is 10.0. The largest absolute Gasteiger partial charge is 0.460 e. The van der Waals surface area contributed by atoms with Crippen LogP contribution in [0.2, 0.25) is 0 Å². The number of rotatable bonds is 13. The van der Waals surface area contributed by atoms with Gasteiger partial charge in [0.2, 0.25) is 5.78 Å². The van der Waals surface area contributed by atoms with Gasteiger partial charge in [-0.1, -0.05) is 159 Å². The molecule has 0 spiro atoms. The molecule has 10 nitrogen and oxygen atoms in total. The van der Waals surface area contributed by atoms with E-state index in [0.29, 0.717) is 47.9 Å². The van der Waals surface area contributed by atoms with Crippen molar-refractivity contribution in [3.8, 4) is 0 Å². The van der Waals surface area contributed by atoms with Gasteiger partial charge in [0.25, 0.3) is 22.7 Å². The van der Waals surface area contributed by atoms with Crippen molar-refractivity contribution in [2.45, 2.75) is 112 Å². The smallest absolute Gasteiger partial charge is 0.380 e. The van der Waals surface area contributed by atoms with E-state index < -0.39 is 40.6 Å². The average Bonchev–Trinajstić information content (AvgIpc) is 3.82. The number of hydrogen-bond donors (Lipinski definition) is 0. The minimum absolute atomic E-state index is 0.217. The quantitative estimate of drug-likeness (QED) is 0.0555. The molecule has 1 aliphatic heterocycles. The number of ketones is 3. The Hall–Kier alpha value is -5.74. The van der Waals surface area contributed by atoms with Crippen molar-refractivity contribution in [3.63, 3.8) is 0 Å². The lowest BCUT2D eigenvalue weighted by Crippen LogP contribution is -2.39. The highest BCUT2D eigenvalue weighted by molar-refractivity contribution is 6.83. The third-order valence-corrected chi connectivity index (χ3v) is 10.0. The number of esters is 2. The van der Waals surface area contributed by atoms with Gasteiger partial charge in [-0.3, -0.25) is 24.0 Å². The Kier molecular flexibility index (Phi) is 22.5. The zero-order valence-corrected chi connectivity index (χ0v) is 38.5. The summed E-state index contributed by atoms with van der Waals surface area (Å²) in [7, 11) is 0. The fourth-order valence-electron chi connectivity index (χ4n) is 5.90. The van der Waals surface area contributed by atoms with Crippen LogP contribution in [0.3, 0.4) is 0 Å². The maximum atomic E-state index is 12.1. The van der Waals surface area contributed by atoms with Gasteiger partial charge in [0.15, 0.2) is 6.10 Å². The van der Waals surface area contributed by atoms with E-state index in [1.165, 1.54) is 12.5 Å². The van der Waals surface area contributed by atoms with Crippen molar-refractivity contribution >= 4 is 52.0 Å². The minimum atomic E-state index is -0.984. The molecule has 0 saturated carbocycles. The van der Waals surface area contributed by atoms with Gasteiger partial charge in [0.05, 0.1) is 6.61 Å². The number of likely N-dealkylation sites (tertiary alicyclic amines) is 1. The first-order valence-corrected chi connectivity index (χ1v) is 21.5. The molecule has 4 aromatic rings. The van der Waals surface area contributed by atoms with Gasteiger partial charge in [0.1, 0.15) is 0 Å². The van der Waals surface area contributed by atoms with Crippen LogP contribution in [0.1, 0.15) is 159 Å². The van der Waals surface area contributed by atoms with Gasteiger partial charge >= 0.3 is 11.9 Å². The predicted octanol–water partition coefficient (Wildman–Crippen LogP) is 10.7. The Balaban J connectivity index is 0.000000299. The molecule has 1 amide bonds. The summed E-state index contributed by atoms with van der Waals surface area (Å²) in [5, 5.41) is -0.942. The van der Waals surface area contributed by atoms with E-state index in [1.54, 1.807) is 48.2 Å². The van der Waals surface area contributed by atoms with Crippen LogP contribution < -0.4 is 0 Å². The molecule has 332 valence electrons. The molecule has 62 heavy (non-hydrogen) atoms. The maximum absolute atomic E-state index is 12.1. The van der Waals surface area contributed by atoms with E-state index in [-0.39, 0.29) is 18.1 Å². The molecule has 5 rings (SSSR count). The number of carbonyl (C=O) groups is 7. The summed E-state index contributed by atoms with van der Waals surface area (Å²) >= 11 is 5.08. The monoisotopic (exact) mass is 867 g/mol. The van der Waals surface area contributed by atoms with Crippen LogP contribution >= 0.6 is 11.6 Å². The predicted molar refractivity (Wildman–Crippen MR) is 244 cm³/mol. The summed E-state index contributed by atoms with van der Waals surface area (Å²) in [6.45, 7) is 21.5. The second kappa shape index (κ2) is 26.6. The molecule has 1 atom stereocenters. The van der Waals surface area contributed by atoms with Crippen molar-refractivity contribution < 1.29 is 43.0 Å². The fourth-order valence-corrected chi connectivity index (χ4v) is 6.01. The number of Topliss-reactive ketones (excluding diaryl/α,β-unsaturated/α-hetero) is 3. The Morgan fingerprint density at radius 3 is 1.16 bits per heavy atom. The van der Waals surface area contributed by atoms with E-state index in [4.69, 9.17) is 16.3 Å². The third kappa shape index (κ3) is 17.3. The number of benzene rings is 4. The number of halogens is 1. The fraction of sp³-hybridized carbons (Fsp3) is 0.392. The number of amides is 1. The highest BCUT2D eigenvalue weighted by Crippen LogP contribution is 2.18.